The Morgan fingerprint density at radius 3 is 2.75 bits per heavy atom. The number of likely N-dealkylation sites (tertiary alicyclic amines) is 1. The predicted molar refractivity (Wildman–Crippen MR) is 81.4 cm³/mol. The monoisotopic (exact) mass is 293 g/mol. The topological polar surface area (TPSA) is 39.6 Å². The van der Waals surface area contributed by atoms with Gasteiger partial charge in [-0.2, -0.15) is 0 Å². The molecular formula is C15H23N3OS. The van der Waals surface area contributed by atoms with Crippen molar-refractivity contribution in [3.63, 3.8) is 0 Å². The maximum Gasteiger partial charge on any atom is 0.185 e. The second kappa shape index (κ2) is 5.28. The van der Waals surface area contributed by atoms with Crippen LogP contribution in [0, 0.1) is 0 Å². The third-order valence-corrected chi connectivity index (χ3v) is 6.26. The fourth-order valence-electron chi connectivity index (χ4n) is 3.84. The van der Waals surface area contributed by atoms with Crippen LogP contribution in [-0.2, 0) is 6.42 Å². The molecule has 1 aliphatic carbocycles. The van der Waals surface area contributed by atoms with Crippen molar-refractivity contribution in [2.24, 2.45) is 0 Å². The zero-order valence-corrected chi connectivity index (χ0v) is 12.7. The molecule has 3 heterocycles. The molecule has 2 unspecified atom stereocenters. The van der Waals surface area contributed by atoms with E-state index >= 15 is 0 Å². The maximum absolute atomic E-state index is 10.1. The summed E-state index contributed by atoms with van der Waals surface area (Å²) in [5, 5.41) is 11.2. The first-order valence-corrected chi connectivity index (χ1v) is 8.79. The summed E-state index contributed by atoms with van der Waals surface area (Å²) in [5.74, 6) is 0. The number of hydrogen-bond donors (Lipinski definition) is 1. The van der Waals surface area contributed by atoms with E-state index in [1.165, 1.54) is 32.4 Å². The van der Waals surface area contributed by atoms with E-state index in [1.807, 2.05) is 0 Å². The van der Waals surface area contributed by atoms with Gasteiger partial charge in [0.25, 0.3) is 0 Å². The molecule has 4 rings (SSSR count). The Kier molecular flexibility index (Phi) is 3.44. The maximum atomic E-state index is 10.1. The van der Waals surface area contributed by atoms with Crippen LogP contribution < -0.4 is 4.90 Å². The Morgan fingerprint density at radius 1 is 1.10 bits per heavy atom. The minimum atomic E-state index is -0.262. The number of aliphatic hydroxyl groups excluding tert-OH is 1. The van der Waals surface area contributed by atoms with Crippen LogP contribution in [-0.4, -0.2) is 47.2 Å². The van der Waals surface area contributed by atoms with E-state index in [-0.39, 0.29) is 6.10 Å². The molecule has 0 amide bonds. The van der Waals surface area contributed by atoms with Crippen molar-refractivity contribution < 1.29 is 5.11 Å². The molecule has 4 nitrogen and oxygen atoms in total. The lowest BCUT2D eigenvalue weighted by atomic mass is 10.0. The molecule has 1 aromatic heterocycles. The van der Waals surface area contributed by atoms with E-state index in [1.54, 1.807) is 11.3 Å². The molecule has 110 valence electrons. The Bertz CT molecular complexity index is 483. The van der Waals surface area contributed by atoms with E-state index in [2.05, 4.69) is 9.80 Å². The van der Waals surface area contributed by atoms with Crippen molar-refractivity contribution >= 4 is 16.5 Å². The number of hydrogen-bond acceptors (Lipinski definition) is 5. The van der Waals surface area contributed by atoms with Gasteiger partial charge in [0.1, 0.15) is 0 Å². The van der Waals surface area contributed by atoms with Gasteiger partial charge in [0.2, 0.25) is 0 Å². The van der Waals surface area contributed by atoms with Crippen LogP contribution in [0.2, 0.25) is 0 Å². The average molecular weight is 293 g/mol. The lowest BCUT2D eigenvalue weighted by molar-refractivity contribution is 0.160. The van der Waals surface area contributed by atoms with Crippen LogP contribution >= 0.6 is 11.3 Å². The lowest BCUT2D eigenvalue weighted by Crippen LogP contribution is -2.35. The SMILES string of the molecule is OC1CCCc2nc(N3CCC(N4CCCC4)C3)sc21. The van der Waals surface area contributed by atoms with Gasteiger partial charge in [-0.25, -0.2) is 4.98 Å². The normalized spacial score (nSPS) is 30.9. The largest absolute Gasteiger partial charge is 0.388 e. The molecule has 20 heavy (non-hydrogen) atoms. The van der Waals surface area contributed by atoms with Gasteiger partial charge in [-0.05, 0) is 51.6 Å². The summed E-state index contributed by atoms with van der Waals surface area (Å²) in [5.41, 5.74) is 1.16. The van der Waals surface area contributed by atoms with Crippen molar-refractivity contribution in [2.75, 3.05) is 31.1 Å². The van der Waals surface area contributed by atoms with E-state index in [9.17, 15) is 5.11 Å². The second-order valence-corrected chi connectivity index (χ2v) is 7.36. The average Bonchev–Trinajstić information content (AvgIpc) is 3.18. The van der Waals surface area contributed by atoms with Gasteiger partial charge in [0.15, 0.2) is 5.13 Å². The van der Waals surface area contributed by atoms with Crippen molar-refractivity contribution in [1.29, 1.82) is 0 Å². The minimum absolute atomic E-state index is 0.262. The molecule has 2 aliphatic heterocycles. The Balaban J connectivity index is 1.48. The molecule has 2 fully saturated rings. The highest BCUT2D eigenvalue weighted by Crippen LogP contribution is 2.38. The summed E-state index contributed by atoms with van der Waals surface area (Å²) >= 11 is 1.73. The molecule has 0 radical (unpaired) electrons. The Labute approximate surface area is 124 Å². The second-order valence-electron chi connectivity index (χ2n) is 6.35. The van der Waals surface area contributed by atoms with Crippen molar-refractivity contribution in [3.05, 3.63) is 10.6 Å². The fourth-order valence-corrected chi connectivity index (χ4v) is 5.01. The number of aromatic nitrogens is 1. The summed E-state index contributed by atoms with van der Waals surface area (Å²) in [7, 11) is 0. The first-order valence-electron chi connectivity index (χ1n) is 7.98. The molecule has 2 saturated heterocycles. The smallest absolute Gasteiger partial charge is 0.185 e. The zero-order valence-electron chi connectivity index (χ0n) is 11.9. The van der Waals surface area contributed by atoms with E-state index in [4.69, 9.17) is 4.98 Å². The van der Waals surface area contributed by atoms with Gasteiger partial charge in [0.05, 0.1) is 16.7 Å². The molecule has 5 heteroatoms. The quantitative estimate of drug-likeness (QED) is 0.907. The summed E-state index contributed by atoms with van der Waals surface area (Å²) in [6.45, 7) is 4.82. The molecule has 0 aromatic carbocycles. The van der Waals surface area contributed by atoms with Gasteiger partial charge in [-0.15, -0.1) is 0 Å². The Hall–Kier alpha value is -0.650. The number of thiazole rings is 1. The van der Waals surface area contributed by atoms with Gasteiger partial charge in [-0.1, -0.05) is 11.3 Å². The van der Waals surface area contributed by atoms with E-state index in [0.29, 0.717) is 0 Å². The first kappa shape index (κ1) is 13.0. The predicted octanol–water partition coefficient (Wildman–Crippen LogP) is 2.19. The van der Waals surface area contributed by atoms with Gasteiger partial charge in [0, 0.05) is 19.1 Å². The summed E-state index contributed by atoms with van der Waals surface area (Å²) < 4.78 is 0. The summed E-state index contributed by atoms with van der Waals surface area (Å²) in [6.07, 6.45) is 6.78. The number of aryl methyl sites for hydroxylation is 1. The third-order valence-electron chi connectivity index (χ3n) is 5.00. The van der Waals surface area contributed by atoms with E-state index in [0.717, 1.165) is 54.1 Å². The number of nitrogens with zero attached hydrogens (tertiary/aromatic N) is 3. The minimum Gasteiger partial charge on any atom is -0.388 e. The fraction of sp³-hybridized carbons (Fsp3) is 0.800. The highest BCUT2D eigenvalue weighted by molar-refractivity contribution is 7.15. The standard InChI is InChI=1S/C15H23N3OS/c19-13-5-3-4-12-14(13)20-15(16-12)18-9-6-11(10-18)17-7-1-2-8-17/h11,13,19H,1-10H2. The van der Waals surface area contributed by atoms with Crippen molar-refractivity contribution in [1.82, 2.24) is 9.88 Å². The lowest BCUT2D eigenvalue weighted by Gasteiger charge is -2.23. The van der Waals surface area contributed by atoms with Crippen molar-refractivity contribution in [3.8, 4) is 0 Å². The molecule has 1 N–H and O–H groups in total. The number of aliphatic hydroxyl groups is 1. The number of rotatable bonds is 2. The van der Waals surface area contributed by atoms with Crippen molar-refractivity contribution in [2.45, 2.75) is 50.7 Å². The Morgan fingerprint density at radius 2 is 1.95 bits per heavy atom. The first-order chi connectivity index (χ1) is 9.81. The molecule has 0 spiro atoms. The molecule has 2 atom stereocenters. The highest BCUT2D eigenvalue weighted by Gasteiger charge is 2.32. The molecule has 0 bridgehead atoms. The zero-order chi connectivity index (χ0) is 13.5. The number of fused-ring (bicyclic) bond motifs is 1. The van der Waals surface area contributed by atoms with Crippen LogP contribution in [0.5, 0.6) is 0 Å². The van der Waals surface area contributed by atoms with Gasteiger partial charge in [-0.3, -0.25) is 4.90 Å². The molecule has 1 aromatic rings. The van der Waals surface area contributed by atoms with Gasteiger partial charge >= 0.3 is 0 Å². The van der Waals surface area contributed by atoms with Crippen LogP contribution in [0.25, 0.3) is 0 Å². The molecular weight excluding hydrogens is 270 g/mol. The van der Waals surface area contributed by atoms with Crippen LogP contribution in [0.4, 0.5) is 5.13 Å². The van der Waals surface area contributed by atoms with Gasteiger partial charge < -0.3 is 10.0 Å². The number of anilines is 1. The highest BCUT2D eigenvalue weighted by atomic mass is 32.1. The summed E-state index contributed by atoms with van der Waals surface area (Å²) in [6, 6.07) is 0.725. The van der Waals surface area contributed by atoms with Crippen LogP contribution in [0.1, 0.15) is 48.8 Å². The van der Waals surface area contributed by atoms with E-state index < -0.39 is 0 Å². The van der Waals surface area contributed by atoms with Crippen LogP contribution in [0.15, 0.2) is 0 Å². The third kappa shape index (κ3) is 2.26. The van der Waals surface area contributed by atoms with Crippen LogP contribution in [0.3, 0.4) is 0 Å². The molecule has 0 saturated carbocycles. The molecule has 3 aliphatic rings. The summed E-state index contributed by atoms with van der Waals surface area (Å²) in [4.78, 5) is 11.0.